The molecule has 0 radical (unpaired) electrons. The Kier molecular flexibility index (Phi) is 18.3. The van der Waals surface area contributed by atoms with Crippen LogP contribution in [0.3, 0.4) is 0 Å². The first kappa shape index (κ1) is 30.2. The average Bonchev–Trinajstić information content (AvgIpc) is 3.55. The fourth-order valence-electron chi connectivity index (χ4n) is 4.64. The van der Waals surface area contributed by atoms with E-state index in [1.54, 1.807) is 11.3 Å². The van der Waals surface area contributed by atoms with E-state index in [2.05, 4.69) is 28.6 Å². The van der Waals surface area contributed by atoms with Crippen molar-refractivity contribution < 1.29 is 23.6 Å². The third-order valence-corrected chi connectivity index (χ3v) is 7.53. The van der Waals surface area contributed by atoms with Crippen LogP contribution in [0.1, 0.15) is 129 Å². The predicted molar refractivity (Wildman–Crippen MR) is 143 cm³/mol. The van der Waals surface area contributed by atoms with Crippen LogP contribution in [0.25, 0.3) is 0 Å². The van der Waals surface area contributed by atoms with E-state index in [-0.39, 0.29) is 18.4 Å². The maximum absolute atomic E-state index is 11.9. The molecule has 2 rings (SSSR count). The monoisotopic (exact) mass is 510 g/mol. The van der Waals surface area contributed by atoms with Crippen molar-refractivity contribution >= 4 is 17.3 Å². The Balaban J connectivity index is 1.30. The molecule has 0 aromatic carbocycles. The van der Waals surface area contributed by atoms with Gasteiger partial charge in [-0.05, 0) is 19.3 Å². The SMILES string of the molecule is CCCCCCCCCCCCCCCCC[C@H]1OC[C@H](COC(=O)CCCC[n+]2ccsc2)O1. The maximum Gasteiger partial charge on any atom is 0.305 e. The summed E-state index contributed by atoms with van der Waals surface area (Å²) in [5.41, 5.74) is 2.09. The lowest BCUT2D eigenvalue weighted by Gasteiger charge is -2.12. The summed E-state index contributed by atoms with van der Waals surface area (Å²) in [6.45, 7) is 4.09. The molecule has 0 aliphatic carbocycles. The molecule has 0 saturated carbocycles. The molecule has 1 saturated heterocycles. The number of hydrogen-bond acceptors (Lipinski definition) is 5. The molecule has 1 aliphatic rings. The van der Waals surface area contributed by atoms with Gasteiger partial charge in [0.1, 0.15) is 19.3 Å². The zero-order valence-corrected chi connectivity index (χ0v) is 23.2. The number of unbranched alkanes of at least 4 members (excludes halogenated alkanes) is 15. The fraction of sp³-hybridized carbons (Fsp3) is 0.862. The van der Waals surface area contributed by atoms with Crippen LogP contribution in [-0.4, -0.2) is 31.6 Å². The lowest BCUT2D eigenvalue weighted by atomic mass is 10.0. The molecule has 0 unspecified atom stereocenters. The van der Waals surface area contributed by atoms with Gasteiger partial charge >= 0.3 is 5.97 Å². The van der Waals surface area contributed by atoms with E-state index in [0.29, 0.717) is 19.6 Å². The number of thiazole rings is 1. The topological polar surface area (TPSA) is 48.6 Å². The summed E-state index contributed by atoms with van der Waals surface area (Å²) >= 11 is 1.69. The van der Waals surface area contributed by atoms with E-state index < -0.39 is 0 Å². The van der Waals surface area contributed by atoms with Gasteiger partial charge in [-0.1, -0.05) is 108 Å². The zero-order valence-electron chi connectivity index (χ0n) is 22.4. The third-order valence-electron chi connectivity index (χ3n) is 6.86. The van der Waals surface area contributed by atoms with Crippen LogP contribution in [0, 0.1) is 0 Å². The summed E-state index contributed by atoms with van der Waals surface area (Å²) in [4.78, 5) is 11.9. The van der Waals surface area contributed by atoms with Gasteiger partial charge in [0.15, 0.2) is 12.5 Å². The van der Waals surface area contributed by atoms with Gasteiger partial charge < -0.3 is 14.2 Å². The summed E-state index contributed by atoms with van der Waals surface area (Å²) in [5, 5.41) is 2.06. The van der Waals surface area contributed by atoms with E-state index in [0.717, 1.165) is 32.2 Å². The van der Waals surface area contributed by atoms with Crippen molar-refractivity contribution in [1.82, 2.24) is 0 Å². The highest BCUT2D eigenvalue weighted by Crippen LogP contribution is 2.19. The molecular formula is C29H52NO4S+. The number of ether oxygens (including phenoxy) is 3. The first-order valence-corrected chi connectivity index (χ1v) is 15.6. The minimum absolute atomic E-state index is 0.110. The molecule has 0 N–H and O–H groups in total. The average molecular weight is 511 g/mol. The molecule has 0 bridgehead atoms. The van der Waals surface area contributed by atoms with Crippen molar-refractivity contribution in [3.05, 3.63) is 17.1 Å². The first-order valence-electron chi connectivity index (χ1n) is 14.6. The highest BCUT2D eigenvalue weighted by atomic mass is 32.1. The number of rotatable bonds is 23. The van der Waals surface area contributed by atoms with Crippen LogP contribution in [0.2, 0.25) is 0 Å². The molecule has 2 heterocycles. The van der Waals surface area contributed by atoms with Crippen LogP contribution >= 0.6 is 11.3 Å². The molecule has 1 fully saturated rings. The molecule has 1 aliphatic heterocycles. The normalized spacial score (nSPS) is 17.7. The summed E-state index contributed by atoms with van der Waals surface area (Å²) in [6, 6.07) is 0. The van der Waals surface area contributed by atoms with Gasteiger partial charge in [-0.25, -0.2) is 0 Å². The molecule has 6 heteroatoms. The van der Waals surface area contributed by atoms with Crippen molar-refractivity contribution in [1.29, 1.82) is 0 Å². The Labute approximate surface area is 218 Å². The molecule has 202 valence electrons. The molecule has 0 amide bonds. The van der Waals surface area contributed by atoms with Gasteiger partial charge in [0.05, 0.1) is 12.0 Å². The van der Waals surface area contributed by atoms with Crippen molar-refractivity contribution in [3.63, 3.8) is 0 Å². The van der Waals surface area contributed by atoms with Crippen molar-refractivity contribution in [3.8, 4) is 0 Å². The Morgan fingerprint density at radius 2 is 1.51 bits per heavy atom. The molecule has 1 aromatic rings. The smallest absolute Gasteiger partial charge is 0.305 e. The van der Waals surface area contributed by atoms with Gasteiger partial charge in [-0.2, -0.15) is 4.57 Å². The largest absolute Gasteiger partial charge is 0.463 e. The minimum Gasteiger partial charge on any atom is -0.463 e. The summed E-state index contributed by atoms with van der Waals surface area (Å²) in [5.74, 6) is -0.130. The second-order valence-electron chi connectivity index (χ2n) is 10.2. The van der Waals surface area contributed by atoms with Gasteiger partial charge in [0.2, 0.25) is 5.51 Å². The lowest BCUT2D eigenvalue weighted by molar-refractivity contribution is -0.692. The standard InChI is InChI=1S/C29H52NO4S/c1-2-3-4-5-6-7-8-9-10-11-12-13-14-15-16-20-29-33-25-27(34-29)24-32-28(31)19-17-18-21-30-22-23-35-26-30/h22-23,26-27,29H,2-21,24-25H2,1H3/q+1/t27-,29-/m0/s1. The number of aryl methyl sites for hydroxylation is 1. The molecule has 35 heavy (non-hydrogen) atoms. The number of aromatic nitrogens is 1. The Hall–Kier alpha value is -0.980. The molecular weight excluding hydrogens is 458 g/mol. The maximum atomic E-state index is 11.9. The van der Waals surface area contributed by atoms with Gasteiger partial charge in [0, 0.05) is 12.8 Å². The second kappa shape index (κ2) is 21.1. The number of hydrogen-bond donors (Lipinski definition) is 0. The third kappa shape index (κ3) is 16.4. The van der Waals surface area contributed by atoms with Crippen LogP contribution in [0.15, 0.2) is 17.1 Å². The van der Waals surface area contributed by atoms with Crippen LogP contribution < -0.4 is 4.57 Å². The van der Waals surface area contributed by atoms with Crippen molar-refractivity contribution in [2.24, 2.45) is 0 Å². The predicted octanol–water partition coefficient (Wildman–Crippen LogP) is 7.75. The summed E-state index contributed by atoms with van der Waals surface area (Å²) in [6.07, 6.45) is 25.7. The van der Waals surface area contributed by atoms with Crippen LogP contribution in [0.5, 0.6) is 0 Å². The zero-order chi connectivity index (χ0) is 24.8. The van der Waals surface area contributed by atoms with Gasteiger partial charge in [-0.3, -0.25) is 4.79 Å². The highest BCUT2D eigenvalue weighted by molar-refractivity contribution is 7.07. The van der Waals surface area contributed by atoms with Crippen LogP contribution in [0.4, 0.5) is 0 Å². The Morgan fingerprint density at radius 1 is 0.886 bits per heavy atom. The number of nitrogens with zero attached hydrogens (tertiary/aromatic N) is 1. The Bertz CT molecular complexity index is 610. The number of esters is 1. The molecule has 1 aromatic heterocycles. The van der Waals surface area contributed by atoms with Crippen molar-refractivity contribution in [2.75, 3.05) is 13.2 Å². The summed E-state index contributed by atoms with van der Waals surface area (Å²) in [7, 11) is 0. The fourth-order valence-corrected chi connectivity index (χ4v) is 5.27. The first-order chi connectivity index (χ1) is 17.3. The lowest BCUT2D eigenvalue weighted by Crippen LogP contribution is -2.29. The van der Waals surface area contributed by atoms with Crippen LogP contribution in [-0.2, 0) is 25.5 Å². The van der Waals surface area contributed by atoms with Gasteiger partial charge in [-0.15, -0.1) is 0 Å². The van der Waals surface area contributed by atoms with E-state index >= 15 is 0 Å². The molecule has 5 nitrogen and oxygen atoms in total. The van der Waals surface area contributed by atoms with E-state index in [9.17, 15) is 4.79 Å². The minimum atomic E-state index is -0.130. The molecule has 2 atom stereocenters. The summed E-state index contributed by atoms with van der Waals surface area (Å²) < 4.78 is 19.2. The van der Waals surface area contributed by atoms with E-state index in [4.69, 9.17) is 14.2 Å². The number of carbonyl (C=O) groups is 1. The number of carbonyl (C=O) groups excluding carboxylic acids is 1. The van der Waals surface area contributed by atoms with E-state index in [1.807, 2.05) is 0 Å². The van der Waals surface area contributed by atoms with Crippen molar-refractivity contribution in [2.45, 2.75) is 148 Å². The molecule has 0 spiro atoms. The highest BCUT2D eigenvalue weighted by Gasteiger charge is 2.26. The van der Waals surface area contributed by atoms with Gasteiger partial charge in [0.25, 0.3) is 0 Å². The van der Waals surface area contributed by atoms with E-state index in [1.165, 1.54) is 89.9 Å². The Morgan fingerprint density at radius 3 is 2.11 bits per heavy atom. The quantitative estimate of drug-likeness (QED) is 0.0858. The second-order valence-corrected chi connectivity index (χ2v) is 10.9.